The molecule has 0 atom stereocenters. The molecule has 0 spiro atoms. The molecule has 0 unspecified atom stereocenters. The first-order valence-corrected chi connectivity index (χ1v) is 10.6. The van der Waals surface area contributed by atoms with E-state index in [9.17, 15) is 9.59 Å². The summed E-state index contributed by atoms with van der Waals surface area (Å²) >= 11 is 0. The van der Waals surface area contributed by atoms with Gasteiger partial charge in [0.1, 0.15) is 5.69 Å². The van der Waals surface area contributed by atoms with Crippen LogP contribution in [0.3, 0.4) is 0 Å². The number of pyridine rings is 1. The average Bonchev–Trinajstić information content (AvgIpc) is 3.58. The number of benzene rings is 1. The Morgan fingerprint density at radius 3 is 2.55 bits per heavy atom. The number of nitrogens with one attached hydrogen (secondary N) is 1. The van der Waals surface area contributed by atoms with Crippen molar-refractivity contribution in [3.63, 3.8) is 0 Å². The van der Waals surface area contributed by atoms with E-state index in [0.29, 0.717) is 54.2 Å². The Kier molecular flexibility index (Phi) is 5.05. The molecule has 1 saturated carbocycles. The topological polar surface area (TPSA) is 97.6 Å². The van der Waals surface area contributed by atoms with Gasteiger partial charge < -0.3 is 19.5 Å². The molecule has 0 bridgehead atoms. The molecule has 5 rings (SSSR count). The number of ether oxygens (including phenoxy) is 1. The van der Waals surface area contributed by atoms with E-state index in [-0.39, 0.29) is 18.0 Å². The van der Waals surface area contributed by atoms with Crippen LogP contribution in [0.2, 0.25) is 0 Å². The van der Waals surface area contributed by atoms with Crippen LogP contribution >= 0.6 is 0 Å². The molecule has 1 aromatic carbocycles. The van der Waals surface area contributed by atoms with E-state index in [2.05, 4.69) is 15.5 Å². The van der Waals surface area contributed by atoms with Crippen LogP contribution in [-0.4, -0.2) is 53.3 Å². The van der Waals surface area contributed by atoms with Gasteiger partial charge in [-0.05, 0) is 31.7 Å². The summed E-state index contributed by atoms with van der Waals surface area (Å²) in [6, 6.07) is 11.5. The third-order valence-corrected chi connectivity index (χ3v) is 6.02. The number of aromatic nitrogens is 2. The number of carbonyl (C=O) groups excluding carboxylic acids is 2. The first kappa shape index (κ1) is 19.5. The fourth-order valence-electron chi connectivity index (χ4n) is 4.13. The van der Waals surface area contributed by atoms with Crippen molar-refractivity contribution in [2.75, 3.05) is 20.2 Å². The van der Waals surface area contributed by atoms with E-state index in [4.69, 9.17) is 9.26 Å². The minimum atomic E-state index is -0.327. The van der Waals surface area contributed by atoms with E-state index in [1.165, 1.54) is 7.11 Å². The number of piperidine rings is 1. The minimum absolute atomic E-state index is 0.0129. The second kappa shape index (κ2) is 8.02. The van der Waals surface area contributed by atoms with Crippen LogP contribution < -0.4 is 5.32 Å². The number of hydrogen-bond donors (Lipinski definition) is 1. The summed E-state index contributed by atoms with van der Waals surface area (Å²) < 4.78 is 10.3. The SMILES string of the molecule is COC(=O)N1CCC(NC(=O)c2cc(C3CC3)nc3onc(-c4ccccc4)c23)CC1. The van der Waals surface area contributed by atoms with Gasteiger partial charge in [-0.25, -0.2) is 9.78 Å². The monoisotopic (exact) mass is 420 g/mol. The lowest BCUT2D eigenvalue weighted by Crippen LogP contribution is -2.46. The van der Waals surface area contributed by atoms with Crippen molar-refractivity contribution in [1.82, 2.24) is 20.4 Å². The molecule has 2 amide bonds. The van der Waals surface area contributed by atoms with E-state index in [1.807, 2.05) is 36.4 Å². The zero-order chi connectivity index (χ0) is 21.4. The van der Waals surface area contributed by atoms with Gasteiger partial charge >= 0.3 is 6.09 Å². The highest BCUT2D eigenvalue weighted by Crippen LogP contribution is 2.41. The third-order valence-electron chi connectivity index (χ3n) is 6.02. The number of fused-ring (bicyclic) bond motifs is 1. The molecule has 1 aliphatic heterocycles. The summed E-state index contributed by atoms with van der Waals surface area (Å²) in [7, 11) is 1.38. The van der Waals surface area contributed by atoms with Gasteiger partial charge in [0.25, 0.3) is 11.6 Å². The first-order chi connectivity index (χ1) is 15.1. The molecule has 1 saturated heterocycles. The number of hydrogen-bond acceptors (Lipinski definition) is 6. The Morgan fingerprint density at radius 1 is 1.13 bits per heavy atom. The van der Waals surface area contributed by atoms with Gasteiger partial charge in [0.15, 0.2) is 0 Å². The molecule has 2 fully saturated rings. The fraction of sp³-hybridized carbons (Fsp3) is 0.391. The standard InChI is InChI=1S/C23H24N4O4/c1-30-23(29)27-11-9-16(10-12-27)24-21(28)17-13-18(14-7-8-14)25-22-19(17)20(26-31-22)15-5-3-2-4-6-15/h2-6,13-14,16H,7-12H2,1H3,(H,24,28). The Balaban J connectivity index is 1.44. The summed E-state index contributed by atoms with van der Waals surface area (Å²) in [5.74, 6) is 0.218. The number of nitrogens with zero attached hydrogens (tertiary/aromatic N) is 3. The maximum Gasteiger partial charge on any atom is 0.409 e. The molecule has 160 valence electrons. The van der Waals surface area contributed by atoms with E-state index < -0.39 is 0 Å². The molecule has 0 radical (unpaired) electrons. The molecular weight excluding hydrogens is 396 g/mol. The lowest BCUT2D eigenvalue weighted by molar-refractivity contribution is 0.0893. The Hall–Kier alpha value is -3.42. The number of amides is 2. The van der Waals surface area contributed by atoms with Gasteiger partial charge in [0, 0.05) is 36.3 Å². The van der Waals surface area contributed by atoms with Crippen molar-refractivity contribution in [1.29, 1.82) is 0 Å². The number of likely N-dealkylation sites (tertiary alicyclic amines) is 1. The third kappa shape index (κ3) is 3.85. The van der Waals surface area contributed by atoms with Crippen LogP contribution in [-0.2, 0) is 4.74 Å². The van der Waals surface area contributed by atoms with Gasteiger partial charge in [-0.15, -0.1) is 0 Å². The highest BCUT2D eigenvalue weighted by molar-refractivity contribution is 6.09. The molecule has 1 N–H and O–H groups in total. The summed E-state index contributed by atoms with van der Waals surface area (Å²) in [4.78, 5) is 31.4. The summed E-state index contributed by atoms with van der Waals surface area (Å²) in [5.41, 5.74) is 3.32. The Labute approximate surface area is 179 Å². The minimum Gasteiger partial charge on any atom is -0.453 e. The predicted octanol–water partition coefficient (Wildman–Crippen LogP) is 3.73. The Bertz CT molecular complexity index is 1120. The summed E-state index contributed by atoms with van der Waals surface area (Å²) in [6.45, 7) is 1.11. The molecule has 31 heavy (non-hydrogen) atoms. The largest absolute Gasteiger partial charge is 0.453 e. The number of rotatable bonds is 4. The fourth-order valence-corrected chi connectivity index (χ4v) is 4.13. The molecule has 2 aromatic heterocycles. The first-order valence-electron chi connectivity index (χ1n) is 10.6. The zero-order valence-electron chi connectivity index (χ0n) is 17.3. The maximum atomic E-state index is 13.4. The summed E-state index contributed by atoms with van der Waals surface area (Å²) in [6.07, 6.45) is 3.18. The van der Waals surface area contributed by atoms with Crippen molar-refractivity contribution in [3.05, 3.63) is 47.7 Å². The molecule has 8 heteroatoms. The van der Waals surface area contributed by atoms with Crippen LogP contribution in [0.4, 0.5) is 4.79 Å². The Morgan fingerprint density at radius 2 is 1.87 bits per heavy atom. The quantitative estimate of drug-likeness (QED) is 0.691. The van der Waals surface area contributed by atoms with Crippen molar-refractivity contribution in [2.45, 2.75) is 37.6 Å². The second-order valence-electron chi connectivity index (χ2n) is 8.15. The molecule has 3 heterocycles. The average molecular weight is 420 g/mol. The zero-order valence-corrected chi connectivity index (χ0v) is 17.3. The van der Waals surface area contributed by atoms with Crippen LogP contribution in [0.25, 0.3) is 22.4 Å². The number of carbonyl (C=O) groups is 2. The van der Waals surface area contributed by atoms with Crippen molar-refractivity contribution >= 4 is 23.1 Å². The van der Waals surface area contributed by atoms with E-state index in [1.54, 1.807) is 4.90 Å². The van der Waals surface area contributed by atoms with Gasteiger partial charge in [0.05, 0.1) is 18.1 Å². The highest BCUT2D eigenvalue weighted by atomic mass is 16.5. The van der Waals surface area contributed by atoms with Crippen molar-refractivity contribution in [3.8, 4) is 11.3 Å². The van der Waals surface area contributed by atoms with Crippen molar-refractivity contribution < 1.29 is 18.8 Å². The summed E-state index contributed by atoms with van der Waals surface area (Å²) in [5, 5.41) is 8.02. The van der Waals surface area contributed by atoms with Crippen molar-refractivity contribution in [2.24, 2.45) is 0 Å². The van der Waals surface area contributed by atoms with Crippen LogP contribution in [0.1, 0.15) is 47.7 Å². The van der Waals surface area contributed by atoms with Crippen LogP contribution in [0.15, 0.2) is 40.9 Å². The van der Waals surface area contributed by atoms with Gasteiger partial charge in [0.2, 0.25) is 0 Å². The van der Waals surface area contributed by atoms with Crippen LogP contribution in [0.5, 0.6) is 0 Å². The molecule has 1 aliphatic carbocycles. The predicted molar refractivity (Wildman–Crippen MR) is 114 cm³/mol. The normalized spacial score (nSPS) is 17.0. The molecular formula is C23H24N4O4. The second-order valence-corrected chi connectivity index (χ2v) is 8.15. The smallest absolute Gasteiger partial charge is 0.409 e. The van der Waals surface area contributed by atoms with Gasteiger partial charge in [-0.3, -0.25) is 4.79 Å². The maximum absolute atomic E-state index is 13.4. The van der Waals surface area contributed by atoms with Gasteiger partial charge in [-0.1, -0.05) is 35.5 Å². The van der Waals surface area contributed by atoms with Gasteiger partial charge in [-0.2, -0.15) is 0 Å². The lowest BCUT2D eigenvalue weighted by Gasteiger charge is -2.31. The molecule has 2 aliphatic rings. The highest BCUT2D eigenvalue weighted by Gasteiger charge is 2.31. The van der Waals surface area contributed by atoms with E-state index in [0.717, 1.165) is 24.1 Å². The lowest BCUT2D eigenvalue weighted by atomic mass is 10.0. The number of methoxy groups -OCH3 is 1. The van der Waals surface area contributed by atoms with Crippen LogP contribution in [0, 0.1) is 0 Å². The molecule has 3 aromatic rings. The molecule has 8 nitrogen and oxygen atoms in total. The van der Waals surface area contributed by atoms with E-state index >= 15 is 0 Å².